The molecular formula is C13H29O2PS3. The second kappa shape index (κ2) is 13.0. The lowest BCUT2D eigenvalue weighted by molar-refractivity contribution is -0.174. The topological polar surface area (TPSA) is 32.3 Å². The van der Waals surface area contributed by atoms with Gasteiger partial charge in [-0.1, -0.05) is 39.0 Å². The minimum atomic E-state index is -2.78. The van der Waals surface area contributed by atoms with Gasteiger partial charge in [-0.3, -0.25) is 0 Å². The number of rotatable bonds is 13. The zero-order chi connectivity index (χ0) is 14.6. The lowest BCUT2D eigenvalue weighted by atomic mass is 10.1. The molecule has 0 heterocycles. The van der Waals surface area contributed by atoms with Crippen LogP contribution < -0.4 is 4.89 Å². The van der Waals surface area contributed by atoms with Crippen molar-refractivity contribution in [3.8, 4) is 0 Å². The molecule has 0 radical (unpaired) electrons. The Kier molecular flexibility index (Phi) is 13.8. The average molecular weight is 345 g/mol. The van der Waals surface area contributed by atoms with Crippen LogP contribution in [0.15, 0.2) is 0 Å². The van der Waals surface area contributed by atoms with Crippen molar-refractivity contribution in [3.63, 3.8) is 0 Å². The molecule has 19 heavy (non-hydrogen) atoms. The van der Waals surface area contributed by atoms with E-state index in [4.69, 9.17) is 16.3 Å². The SMILES string of the molecule is CCCCCCCCSC[S+](CC)P([O-])(=S)OCC. The Labute approximate surface area is 131 Å². The molecule has 0 saturated carbocycles. The first kappa shape index (κ1) is 20.3. The van der Waals surface area contributed by atoms with Crippen molar-refractivity contribution in [2.75, 3.05) is 23.2 Å². The lowest BCUT2D eigenvalue weighted by Crippen LogP contribution is -2.18. The first-order valence-electron chi connectivity index (χ1n) is 7.29. The monoisotopic (exact) mass is 344 g/mol. The Balaban J connectivity index is 3.65. The van der Waals surface area contributed by atoms with E-state index in [2.05, 4.69) is 13.8 Å². The summed E-state index contributed by atoms with van der Waals surface area (Å²) in [6.45, 7) is 6.63. The van der Waals surface area contributed by atoms with Crippen molar-refractivity contribution >= 4 is 39.8 Å². The second-order valence-electron chi connectivity index (χ2n) is 4.41. The molecule has 0 bridgehead atoms. The van der Waals surface area contributed by atoms with E-state index in [0.717, 1.165) is 16.6 Å². The highest BCUT2D eigenvalue weighted by Crippen LogP contribution is 2.48. The molecule has 0 saturated heterocycles. The molecule has 6 heteroatoms. The molecule has 0 N–H and O–H groups in total. The van der Waals surface area contributed by atoms with Crippen LogP contribution in [0.3, 0.4) is 0 Å². The molecule has 2 unspecified atom stereocenters. The van der Waals surface area contributed by atoms with Crippen LogP contribution in [-0.2, 0) is 26.8 Å². The number of hydrogen-bond acceptors (Lipinski definition) is 4. The van der Waals surface area contributed by atoms with E-state index in [9.17, 15) is 4.89 Å². The quantitative estimate of drug-likeness (QED) is 0.283. The Bertz CT molecular complexity index is 252. The Hall–Kier alpha value is 1.27. The molecule has 0 aromatic carbocycles. The molecule has 116 valence electrons. The summed E-state index contributed by atoms with van der Waals surface area (Å²) in [5.74, 6) is 2.04. The number of hydrogen-bond donors (Lipinski definition) is 0. The van der Waals surface area contributed by atoms with Crippen LogP contribution in [0.2, 0.25) is 0 Å². The van der Waals surface area contributed by atoms with Gasteiger partial charge >= 0.3 is 0 Å². The summed E-state index contributed by atoms with van der Waals surface area (Å²) in [4.78, 5) is 12.2. The summed E-state index contributed by atoms with van der Waals surface area (Å²) < 4.78 is 5.27. The van der Waals surface area contributed by atoms with E-state index < -0.39 is 5.69 Å². The van der Waals surface area contributed by atoms with Crippen LogP contribution in [0, 0.1) is 0 Å². The predicted octanol–water partition coefficient (Wildman–Crippen LogP) is 4.30. The van der Waals surface area contributed by atoms with Gasteiger partial charge in [-0.2, -0.15) is 0 Å². The highest BCUT2D eigenvalue weighted by atomic mass is 32.9. The summed E-state index contributed by atoms with van der Waals surface area (Å²) in [6, 6.07) is 0. The Morgan fingerprint density at radius 3 is 2.32 bits per heavy atom. The van der Waals surface area contributed by atoms with Crippen LogP contribution in [-0.4, -0.2) is 23.2 Å². The van der Waals surface area contributed by atoms with Crippen LogP contribution in [0.4, 0.5) is 0 Å². The van der Waals surface area contributed by atoms with Crippen LogP contribution in [0.5, 0.6) is 0 Å². The highest BCUT2D eigenvalue weighted by molar-refractivity contribution is 8.66. The first-order valence-corrected chi connectivity index (χ1v) is 13.3. The summed E-state index contributed by atoms with van der Waals surface area (Å²) in [5, 5.41) is 0.909. The molecule has 0 aromatic rings. The molecule has 0 amide bonds. The van der Waals surface area contributed by atoms with Gasteiger partial charge in [0.15, 0.2) is 10.8 Å². The zero-order valence-corrected chi connectivity index (χ0v) is 15.9. The molecule has 2 atom stereocenters. The first-order chi connectivity index (χ1) is 9.08. The van der Waals surface area contributed by atoms with E-state index in [1.165, 1.54) is 38.5 Å². The molecule has 0 aliphatic carbocycles. The normalized spacial score (nSPS) is 16.2. The fourth-order valence-corrected chi connectivity index (χ4v) is 11.3. The largest absolute Gasteiger partial charge is 0.760 e. The second-order valence-corrected chi connectivity index (χ2v) is 14.0. The summed E-state index contributed by atoms with van der Waals surface area (Å²) >= 11 is 7.04. The van der Waals surface area contributed by atoms with Gasteiger partial charge in [0, 0.05) is 10.5 Å². The van der Waals surface area contributed by atoms with E-state index in [1.54, 1.807) is 0 Å². The molecule has 2 nitrogen and oxygen atoms in total. The maximum absolute atomic E-state index is 12.2. The van der Waals surface area contributed by atoms with Crippen LogP contribution in [0.25, 0.3) is 0 Å². The minimum absolute atomic E-state index is 0.241. The molecule has 0 fully saturated rings. The smallest absolute Gasteiger partial charge is 0.200 e. The Morgan fingerprint density at radius 1 is 1.11 bits per heavy atom. The lowest BCUT2D eigenvalue weighted by Gasteiger charge is -2.25. The van der Waals surface area contributed by atoms with Crippen molar-refractivity contribution in [1.29, 1.82) is 0 Å². The van der Waals surface area contributed by atoms with E-state index in [1.807, 2.05) is 18.7 Å². The van der Waals surface area contributed by atoms with E-state index in [0.29, 0.717) is 6.61 Å². The number of thioether (sulfide) groups is 1. The molecule has 0 aromatic heterocycles. The minimum Gasteiger partial charge on any atom is -0.760 e. The van der Waals surface area contributed by atoms with Gasteiger partial charge in [-0.05, 0) is 37.8 Å². The van der Waals surface area contributed by atoms with Crippen LogP contribution in [0.1, 0.15) is 59.3 Å². The van der Waals surface area contributed by atoms with Gasteiger partial charge in [0.2, 0.25) is 0 Å². The van der Waals surface area contributed by atoms with E-state index in [-0.39, 0.29) is 10.5 Å². The standard InChI is InChI=1S/C13H29O2PS3/c1-4-7-8-9-10-11-12-18-13-19(6-3)16(14,17)15-5-2/h4-13H2,1-3H3. The maximum atomic E-state index is 12.2. The third kappa shape index (κ3) is 10.6. The third-order valence-electron chi connectivity index (χ3n) is 2.80. The van der Waals surface area contributed by atoms with Crippen molar-refractivity contribution in [1.82, 2.24) is 0 Å². The van der Waals surface area contributed by atoms with Crippen molar-refractivity contribution in [3.05, 3.63) is 0 Å². The van der Waals surface area contributed by atoms with Gasteiger partial charge in [0.25, 0.3) is 0 Å². The summed E-state index contributed by atoms with van der Waals surface area (Å²) in [7, 11) is -0.241. The fraction of sp³-hybridized carbons (Fsp3) is 1.00. The van der Waals surface area contributed by atoms with Gasteiger partial charge in [-0.25, -0.2) is 0 Å². The summed E-state index contributed by atoms with van der Waals surface area (Å²) in [6.07, 6.45) is 7.98. The molecule has 0 aliphatic heterocycles. The summed E-state index contributed by atoms with van der Waals surface area (Å²) in [5.41, 5.74) is -2.78. The third-order valence-corrected chi connectivity index (χ3v) is 13.2. The number of unbranched alkanes of at least 4 members (excludes halogenated alkanes) is 5. The zero-order valence-electron chi connectivity index (χ0n) is 12.6. The van der Waals surface area contributed by atoms with E-state index >= 15 is 0 Å². The predicted molar refractivity (Wildman–Crippen MR) is 94.5 cm³/mol. The van der Waals surface area contributed by atoms with Crippen LogP contribution >= 0.6 is 17.5 Å². The van der Waals surface area contributed by atoms with Gasteiger partial charge in [0.05, 0.1) is 6.61 Å². The van der Waals surface area contributed by atoms with Gasteiger partial charge in [0.1, 0.15) is 5.75 Å². The van der Waals surface area contributed by atoms with Crippen molar-refractivity contribution in [2.45, 2.75) is 59.3 Å². The van der Waals surface area contributed by atoms with Gasteiger partial charge in [-0.15, -0.1) is 11.8 Å². The Morgan fingerprint density at radius 2 is 1.74 bits per heavy atom. The molecular weight excluding hydrogens is 315 g/mol. The molecule has 0 rings (SSSR count). The van der Waals surface area contributed by atoms with Crippen molar-refractivity contribution < 1.29 is 9.42 Å². The molecule has 0 spiro atoms. The van der Waals surface area contributed by atoms with Crippen molar-refractivity contribution in [2.24, 2.45) is 0 Å². The molecule has 0 aliphatic rings. The maximum Gasteiger partial charge on any atom is 0.200 e. The highest BCUT2D eigenvalue weighted by Gasteiger charge is 2.26. The van der Waals surface area contributed by atoms with Gasteiger partial charge < -0.3 is 9.42 Å². The average Bonchev–Trinajstić information content (AvgIpc) is 2.36. The fourth-order valence-electron chi connectivity index (χ4n) is 1.68.